The van der Waals surface area contributed by atoms with Crippen LogP contribution in [-0.4, -0.2) is 67.0 Å². The van der Waals surface area contributed by atoms with Crippen LogP contribution in [0.5, 0.6) is 0 Å². The Bertz CT molecular complexity index is 719. The summed E-state index contributed by atoms with van der Waals surface area (Å²) in [5, 5.41) is 6.75. The molecule has 1 saturated heterocycles. The molecule has 6 nitrogen and oxygen atoms in total. The Morgan fingerprint density at radius 1 is 1.14 bits per heavy atom. The van der Waals surface area contributed by atoms with Crippen molar-refractivity contribution < 1.29 is 4.79 Å². The number of nitrogens with zero attached hydrogens (tertiary/aromatic N) is 3. The van der Waals surface area contributed by atoms with E-state index in [0.717, 1.165) is 37.9 Å². The Balaban J connectivity index is 0.00000240. The molecule has 2 aliphatic heterocycles. The zero-order valence-electron chi connectivity index (χ0n) is 17.4. The van der Waals surface area contributed by atoms with Gasteiger partial charge in [-0.05, 0) is 36.8 Å². The van der Waals surface area contributed by atoms with Crippen molar-refractivity contribution in [2.75, 3.05) is 33.2 Å². The van der Waals surface area contributed by atoms with Gasteiger partial charge in [0.05, 0.1) is 6.54 Å². The summed E-state index contributed by atoms with van der Waals surface area (Å²) in [7, 11) is 1.78. The van der Waals surface area contributed by atoms with E-state index in [4.69, 9.17) is 0 Å². The lowest BCUT2D eigenvalue weighted by Gasteiger charge is -2.29. The van der Waals surface area contributed by atoms with Gasteiger partial charge in [0, 0.05) is 45.3 Å². The van der Waals surface area contributed by atoms with E-state index in [1.54, 1.807) is 7.05 Å². The van der Waals surface area contributed by atoms with Crippen molar-refractivity contribution >= 4 is 35.8 Å². The molecule has 1 aromatic carbocycles. The van der Waals surface area contributed by atoms with Gasteiger partial charge in [-0.25, -0.2) is 0 Å². The normalized spacial score (nSPS) is 22.9. The molecular weight excluding hydrogens is 477 g/mol. The highest BCUT2D eigenvalue weighted by molar-refractivity contribution is 14.0. The fourth-order valence-electron chi connectivity index (χ4n) is 4.87. The van der Waals surface area contributed by atoms with Gasteiger partial charge in [-0.3, -0.25) is 14.7 Å². The number of nitrogens with one attached hydrogen (secondary N) is 2. The Morgan fingerprint density at radius 2 is 1.90 bits per heavy atom. The van der Waals surface area contributed by atoms with Crippen molar-refractivity contribution in [2.24, 2.45) is 4.99 Å². The summed E-state index contributed by atoms with van der Waals surface area (Å²) in [5.41, 5.74) is 2.63. The SMILES string of the molecule is CN=C(NCC(=O)N1CCc2ccccc2C1)NC1CCN(C2CCCC2)C1.I. The predicted octanol–water partition coefficient (Wildman–Crippen LogP) is 2.37. The Kier molecular flexibility index (Phi) is 8.17. The van der Waals surface area contributed by atoms with Crippen molar-refractivity contribution in [3.63, 3.8) is 0 Å². The molecule has 2 heterocycles. The van der Waals surface area contributed by atoms with Gasteiger partial charge in [0.1, 0.15) is 0 Å². The lowest BCUT2D eigenvalue weighted by atomic mass is 10.00. The minimum atomic E-state index is 0. The topological polar surface area (TPSA) is 60.0 Å². The zero-order valence-corrected chi connectivity index (χ0v) is 19.7. The second-order valence-corrected chi connectivity index (χ2v) is 8.32. The molecule has 2 fully saturated rings. The molecule has 7 heteroatoms. The number of likely N-dealkylation sites (tertiary alicyclic amines) is 1. The largest absolute Gasteiger partial charge is 0.352 e. The van der Waals surface area contributed by atoms with Gasteiger partial charge < -0.3 is 15.5 Å². The molecule has 1 aliphatic carbocycles. The van der Waals surface area contributed by atoms with E-state index in [9.17, 15) is 4.79 Å². The summed E-state index contributed by atoms with van der Waals surface area (Å²) in [5.74, 6) is 0.875. The molecule has 160 valence electrons. The van der Waals surface area contributed by atoms with Crippen molar-refractivity contribution in [2.45, 2.75) is 57.2 Å². The first-order valence-corrected chi connectivity index (χ1v) is 10.8. The van der Waals surface area contributed by atoms with Crippen LogP contribution >= 0.6 is 24.0 Å². The van der Waals surface area contributed by atoms with Crippen LogP contribution in [0.4, 0.5) is 0 Å². The lowest BCUT2D eigenvalue weighted by Crippen LogP contribution is -2.49. The maximum Gasteiger partial charge on any atom is 0.242 e. The van der Waals surface area contributed by atoms with Gasteiger partial charge in [-0.15, -0.1) is 24.0 Å². The molecule has 1 aromatic rings. The summed E-state index contributed by atoms with van der Waals surface area (Å²) >= 11 is 0. The summed E-state index contributed by atoms with van der Waals surface area (Å²) in [6.45, 7) is 4.05. The van der Waals surface area contributed by atoms with Crippen LogP contribution in [0.15, 0.2) is 29.3 Å². The van der Waals surface area contributed by atoms with E-state index in [-0.39, 0.29) is 29.9 Å². The number of carbonyl (C=O) groups is 1. The van der Waals surface area contributed by atoms with E-state index in [0.29, 0.717) is 19.1 Å². The molecule has 0 radical (unpaired) electrons. The molecule has 0 aromatic heterocycles. The minimum absolute atomic E-state index is 0. The van der Waals surface area contributed by atoms with Gasteiger partial charge in [-0.2, -0.15) is 0 Å². The quantitative estimate of drug-likeness (QED) is 0.371. The summed E-state index contributed by atoms with van der Waals surface area (Å²) in [6, 6.07) is 9.61. The highest BCUT2D eigenvalue weighted by Crippen LogP contribution is 2.26. The monoisotopic (exact) mass is 511 g/mol. The van der Waals surface area contributed by atoms with E-state index < -0.39 is 0 Å². The van der Waals surface area contributed by atoms with Crippen molar-refractivity contribution in [1.29, 1.82) is 0 Å². The van der Waals surface area contributed by atoms with E-state index in [2.05, 4.69) is 38.7 Å². The summed E-state index contributed by atoms with van der Waals surface area (Å²) < 4.78 is 0. The third-order valence-electron chi connectivity index (χ3n) is 6.52. The molecule has 0 bridgehead atoms. The highest BCUT2D eigenvalue weighted by atomic mass is 127. The number of amides is 1. The van der Waals surface area contributed by atoms with Crippen LogP contribution < -0.4 is 10.6 Å². The molecule has 4 rings (SSSR count). The fourth-order valence-corrected chi connectivity index (χ4v) is 4.87. The van der Waals surface area contributed by atoms with Crippen LogP contribution in [0.25, 0.3) is 0 Å². The number of rotatable bonds is 4. The first kappa shape index (κ1) is 22.3. The lowest BCUT2D eigenvalue weighted by molar-refractivity contribution is -0.130. The summed E-state index contributed by atoms with van der Waals surface area (Å²) in [6.07, 6.45) is 7.56. The third kappa shape index (κ3) is 5.63. The van der Waals surface area contributed by atoms with Crippen molar-refractivity contribution in [3.8, 4) is 0 Å². The van der Waals surface area contributed by atoms with Gasteiger partial charge in [0.15, 0.2) is 5.96 Å². The van der Waals surface area contributed by atoms with Gasteiger partial charge in [0.2, 0.25) is 5.91 Å². The number of guanidine groups is 1. The number of carbonyl (C=O) groups excluding carboxylic acids is 1. The molecule has 1 atom stereocenters. The van der Waals surface area contributed by atoms with Crippen LogP contribution in [0, 0.1) is 0 Å². The molecule has 2 N–H and O–H groups in total. The smallest absolute Gasteiger partial charge is 0.242 e. The molecule has 3 aliphatic rings. The molecule has 0 spiro atoms. The number of benzene rings is 1. The minimum Gasteiger partial charge on any atom is -0.352 e. The maximum atomic E-state index is 12.7. The third-order valence-corrected chi connectivity index (χ3v) is 6.52. The standard InChI is InChI=1S/C22H33N5O.HI/c1-23-22(25-19-11-13-26(16-19)20-8-4-5-9-20)24-14-21(28)27-12-10-17-6-2-3-7-18(17)15-27;/h2-3,6-7,19-20H,4-5,8-16H2,1H3,(H2,23,24,25);1H. The Morgan fingerprint density at radius 3 is 2.66 bits per heavy atom. The fraction of sp³-hybridized carbons (Fsp3) is 0.636. The Hall–Kier alpha value is -1.35. The number of fused-ring (bicyclic) bond motifs is 1. The molecular formula is C22H34IN5O. The second-order valence-electron chi connectivity index (χ2n) is 8.32. The number of hydrogen-bond acceptors (Lipinski definition) is 3. The zero-order chi connectivity index (χ0) is 19.3. The Labute approximate surface area is 191 Å². The van der Waals surface area contributed by atoms with E-state index in [1.165, 1.54) is 43.4 Å². The molecule has 1 amide bonds. The molecule has 1 unspecified atom stereocenters. The van der Waals surface area contributed by atoms with Gasteiger partial charge >= 0.3 is 0 Å². The van der Waals surface area contributed by atoms with Crippen molar-refractivity contribution in [1.82, 2.24) is 20.4 Å². The first-order chi connectivity index (χ1) is 13.7. The van der Waals surface area contributed by atoms with E-state index >= 15 is 0 Å². The average molecular weight is 511 g/mol. The molecule has 1 saturated carbocycles. The van der Waals surface area contributed by atoms with Crippen LogP contribution in [-0.2, 0) is 17.8 Å². The van der Waals surface area contributed by atoms with Gasteiger partial charge in [0.25, 0.3) is 0 Å². The van der Waals surface area contributed by atoms with Crippen LogP contribution in [0.3, 0.4) is 0 Å². The van der Waals surface area contributed by atoms with Gasteiger partial charge in [-0.1, -0.05) is 37.1 Å². The second kappa shape index (κ2) is 10.6. The average Bonchev–Trinajstić information content (AvgIpc) is 3.42. The van der Waals surface area contributed by atoms with Crippen LogP contribution in [0.1, 0.15) is 43.2 Å². The van der Waals surface area contributed by atoms with Crippen molar-refractivity contribution in [3.05, 3.63) is 35.4 Å². The highest BCUT2D eigenvalue weighted by Gasteiger charge is 2.30. The predicted molar refractivity (Wildman–Crippen MR) is 128 cm³/mol. The maximum absolute atomic E-state index is 12.7. The first-order valence-electron chi connectivity index (χ1n) is 10.8. The number of aliphatic imine (C=N–C) groups is 1. The number of hydrogen-bond donors (Lipinski definition) is 2. The number of halogens is 1. The van der Waals surface area contributed by atoms with Crippen LogP contribution in [0.2, 0.25) is 0 Å². The summed E-state index contributed by atoms with van der Waals surface area (Å²) in [4.78, 5) is 21.6. The van der Waals surface area contributed by atoms with E-state index in [1.807, 2.05) is 11.0 Å². The molecule has 29 heavy (non-hydrogen) atoms.